The van der Waals surface area contributed by atoms with Crippen LogP contribution in [0.15, 0.2) is 40.7 Å². The number of benzene rings is 1. The first-order valence-corrected chi connectivity index (χ1v) is 12.9. The Bertz CT molecular complexity index is 940. The highest BCUT2D eigenvalue weighted by atomic mass is 35.5. The molecule has 0 unspecified atom stereocenters. The number of nitrogens with one attached hydrogen (secondary N) is 1. The van der Waals surface area contributed by atoms with E-state index in [9.17, 15) is 9.59 Å². The van der Waals surface area contributed by atoms with E-state index in [1.807, 2.05) is 6.07 Å². The van der Waals surface area contributed by atoms with E-state index < -0.39 is 17.9 Å². The fraction of sp³-hybridized carbons (Fsp3) is 0.556. The van der Waals surface area contributed by atoms with Gasteiger partial charge in [0.25, 0.3) is 0 Å². The molecule has 192 valence electrons. The van der Waals surface area contributed by atoms with Gasteiger partial charge in [0.2, 0.25) is 0 Å². The third-order valence-corrected chi connectivity index (χ3v) is 6.70. The highest BCUT2D eigenvalue weighted by Crippen LogP contribution is 2.41. The molecule has 0 amide bonds. The van der Waals surface area contributed by atoms with Crippen molar-refractivity contribution in [1.82, 2.24) is 10.2 Å². The molecule has 2 aliphatic rings. The van der Waals surface area contributed by atoms with E-state index in [0.717, 1.165) is 19.6 Å². The zero-order chi connectivity index (χ0) is 25.4. The highest BCUT2D eigenvalue weighted by Gasteiger charge is 2.38. The van der Waals surface area contributed by atoms with E-state index in [0.29, 0.717) is 45.5 Å². The molecule has 0 radical (unpaired) electrons. The molecule has 1 fully saturated rings. The lowest BCUT2D eigenvalue weighted by molar-refractivity contribution is -0.139. The second kappa shape index (κ2) is 13.0. The van der Waals surface area contributed by atoms with E-state index in [2.05, 4.69) is 10.2 Å². The number of carbonyl (C=O) groups excluding carboxylic acids is 2. The molecule has 0 atom stereocenters. The minimum Gasteiger partial charge on any atom is -0.491 e. The average molecular weight is 505 g/mol. The molecule has 1 N–H and O–H groups in total. The van der Waals surface area contributed by atoms with Crippen LogP contribution in [0, 0.1) is 0 Å². The first-order valence-electron chi connectivity index (χ1n) is 12.5. The lowest BCUT2D eigenvalue weighted by atomic mass is 9.80. The van der Waals surface area contributed by atoms with Gasteiger partial charge in [-0.1, -0.05) is 30.5 Å². The molecule has 0 spiro atoms. The molecule has 1 saturated heterocycles. The monoisotopic (exact) mass is 504 g/mol. The molecule has 3 rings (SSSR count). The van der Waals surface area contributed by atoms with Crippen molar-refractivity contribution in [3.8, 4) is 5.75 Å². The van der Waals surface area contributed by atoms with Gasteiger partial charge in [-0.25, -0.2) is 9.59 Å². The number of dihydropyridines is 1. The molecule has 2 aliphatic heterocycles. The second-order valence-electron chi connectivity index (χ2n) is 8.87. The van der Waals surface area contributed by atoms with Crippen molar-refractivity contribution < 1.29 is 23.8 Å². The summed E-state index contributed by atoms with van der Waals surface area (Å²) in [6, 6.07) is 5.41. The fourth-order valence-electron chi connectivity index (χ4n) is 4.74. The van der Waals surface area contributed by atoms with Gasteiger partial charge in [0, 0.05) is 17.9 Å². The SMILES string of the molecule is CCOC(=O)C1=C(C)NC(C)=C(C(=O)OCC)C1c1ccc(OCCN2CCCCCC2)c(Cl)c1. The third-order valence-electron chi connectivity index (χ3n) is 6.40. The fourth-order valence-corrected chi connectivity index (χ4v) is 4.99. The van der Waals surface area contributed by atoms with Gasteiger partial charge in [0.1, 0.15) is 12.4 Å². The average Bonchev–Trinajstić information content (AvgIpc) is 3.08. The van der Waals surface area contributed by atoms with E-state index >= 15 is 0 Å². The number of likely N-dealkylation sites (tertiary alicyclic amines) is 1. The molecule has 35 heavy (non-hydrogen) atoms. The van der Waals surface area contributed by atoms with Gasteiger partial charge in [-0.05, 0) is 71.3 Å². The van der Waals surface area contributed by atoms with Crippen LogP contribution in [0.2, 0.25) is 5.02 Å². The zero-order valence-electron chi connectivity index (χ0n) is 21.2. The molecule has 0 aromatic heterocycles. The van der Waals surface area contributed by atoms with Gasteiger partial charge >= 0.3 is 11.9 Å². The number of esters is 2. The maximum absolute atomic E-state index is 12.9. The number of halogens is 1. The smallest absolute Gasteiger partial charge is 0.336 e. The molecule has 0 aliphatic carbocycles. The first-order chi connectivity index (χ1) is 16.9. The summed E-state index contributed by atoms with van der Waals surface area (Å²) in [5.41, 5.74) is 2.69. The summed E-state index contributed by atoms with van der Waals surface area (Å²) in [6.07, 6.45) is 5.06. The number of nitrogens with zero attached hydrogens (tertiary/aromatic N) is 1. The lowest BCUT2D eigenvalue weighted by Gasteiger charge is -2.30. The second-order valence-corrected chi connectivity index (χ2v) is 9.28. The number of hydrogen-bond donors (Lipinski definition) is 1. The first kappa shape index (κ1) is 27.1. The standard InChI is InChI=1S/C27H37ClN2O5/c1-5-33-26(31)23-18(3)29-19(4)24(27(32)34-6-2)25(23)20-11-12-22(21(28)17-20)35-16-15-30-13-9-7-8-10-14-30/h11-12,17,25,29H,5-10,13-16H2,1-4H3. The van der Waals surface area contributed by atoms with E-state index in [1.54, 1.807) is 39.8 Å². The van der Waals surface area contributed by atoms with Gasteiger partial charge in [-0.3, -0.25) is 4.90 Å². The van der Waals surface area contributed by atoms with Crippen LogP contribution in [0.4, 0.5) is 0 Å². The summed E-state index contributed by atoms with van der Waals surface area (Å²) in [6.45, 7) is 11.2. The summed E-state index contributed by atoms with van der Waals surface area (Å²) in [4.78, 5) is 28.3. The quantitative estimate of drug-likeness (QED) is 0.476. The van der Waals surface area contributed by atoms with Crippen LogP contribution in [0.25, 0.3) is 0 Å². The molecule has 1 aromatic rings. The van der Waals surface area contributed by atoms with Crippen LogP contribution in [0.3, 0.4) is 0 Å². The maximum Gasteiger partial charge on any atom is 0.336 e. The van der Waals surface area contributed by atoms with Crippen molar-refractivity contribution >= 4 is 23.5 Å². The van der Waals surface area contributed by atoms with Gasteiger partial charge in [-0.15, -0.1) is 0 Å². The van der Waals surface area contributed by atoms with Crippen molar-refractivity contribution in [2.24, 2.45) is 0 Å². The van der Waals surface area contributed by atoms with Crippen LogP contribution < -0.4 is 10.1 Å². The maximum atomic E-state index is 12.9. The predicted molar refractivity (Wildman–Crippen MR) is 136 cm³/mol. The van der Waals surface area contributed by atoms with Crippen LogP contribution >= 0.6 is 11.6 Å². The van der Waals surface area contributed by atoms with E-state index in [1.165, 1.54) is 25.7 Å². The molecule has 7 nitrogen and oxygen atoms in total. The molecule has 2 heterocycles. The Morgan fingerprint density at radius 3 is 2.06 bits per heavy atom. The summed E-state index contributed by atoms with van der Waals surface area (Å²) < 4.78 is 16.7. The normalized spacial score (nSPS) is 17.6. The topological polar surface area (TPSA) is 77.1 Å². The Kier molecular flexibility index (Phi) is 10.0. The number of rotatable bonds is 9. The number of hydrogen-bond acceptors (Lipinski definition) is 7. The van der Waals surface area contributed by atoms with Gasteiger partial charge in [0.15, 0.2) is 0 Å². The minimum atomic E-state index is -0.669. The largest absolute Gasteiger partial charge is 0.491 e. The summed E-state index contributed by atoms with van der Waals surface area (Å²) >= 11 is 6.63. The Morgan fingerprint density at radius 1 is 0.971 bits per heavy atom. The van der Waals surface area contributed by atoms with Crippen molar-refractivity contribution in [2.45, 2.75) is 59.3 Å². The minimum absolute atomic E-state index is 0.227. The predicted octanol–water partition coefficient (Wildman–Crippen LogP) is 4.96. The Labute approximate surface area is 213 Å². The Morgan fingerprint density at radius 2 is 1.54 bits per heavy atom. The summed E-state index contributed by atoms with van der Waals surface area (Å²) in [7, 11) is 0. The number of ether oxygens (including phenoxy) is 3. The van der Waals surface area contributed by atoms with Crippen molar-refractivity contribution in [1.29, 1.82) is 0 Å². The number of allylic oxidation sites excluding steroid dienone is 2. The molecular formula is C27H37ClN2O5. The van der Waals surface area contributed by atoms with Crippen molar-refractivity contribution in [2.75, 3.05) is 39.5 Å². The van der Waals surface area contributed by atoms with Crippen LogP contribution in [-0.2, 0) is 19.1 Å². The van der Waals surface area contributed by atoms with E-state index in [4.69, 9.17) is 25.8 Å². The van der Waals surface area contributed by atoms with Crippen LogP contribution in [0.5, 0.6) is 5.75 Å². The van der Waals surface area contributed by atoms with Gasteiger partial charge < -0.3 is 19.5 Å². The summed E-state index contributed by atoms with van der Waals surface area (Å²) in [5.74, 6) is -1.05. The van der Waals surface area contributed by atoms with E-state index in [-0.39, 0.29) is 13.2 Å². The van der Waals surface area contributed by atoms with Gasteiger partial charge in [-0.2, -0.15) is 0 Å². The van der Waals surface area contributed by atoms with Gasteiger partial charge in [0.05, 0.1) is 35.3 Å². The molecule has 0 saturated carbocycles. The van der Waals surface area contributed by atoms with Crippen LogP contribution in [-0.4, -0.2) is 56.3 Å². The Balaban J connectivity index is 1.86. The highest BCUT2D eigenvalue weighted by molar-refractivity contribution is 6.32. The molecule has 0 bridgehead atoms. The molecule has 8 heteroatoms. The Hall–Kier alpha value is -2.51. The molecule has 1 aromatic carbocycles. The summed E-state index contributed by atoms with van der Waals surface area (Å²) in [5, 5.41) is 3.57. The number of carbonyl (C=O) groups is 2. The third kappa shape index (κ3) is 6.79. The van der Waals surface area contributed by atoms with Crippen molar-refractivity contribution in [3.05, 3.63) is 51.3 Å². The van der Waals surface area contributed by atoms with Crippen molar-refractivity contribution in [3.63, 3.8) is 0 Å². The van der Waals surface area contributed by atoms with Crippen LogP contribution in [0.1, 0.15) is 64.9 Å². The lowest BCUT2D eigenvalue weighted by Crippen LogP contribution is -2.32. The zero-order valence-corrected chi connectivity index (χ0v) is 22.0. The molecular weight excluding hydrogens is 468 g/mol.